The molecular formula is C14H14N2O2S. The smallest absolute Gasteiger partial charge is 0.256 e. The molecule has 0 saturated carbocycles. The van der Waals surface area contributed by atoms with Gasteiger partial charge in [0.05, 0.1) is 24.1 Å². The SMILES string of the molecule is CCOc1ccc(NC(=O)c2ccccc2S)cn1. The zero-order valence-electron chi connectivity index (χ0n) is 10.5. The number of pyridine rings is 1. The average molecular weight is 274 g/mol. The van der Waals surface area contributed by atoms with Gasteiger partial charge in [-0.05, 0) is 25.1 Å². The van der Waals surface area contributed by atoms with Crippen LogP contribution in [-0.2, 0) is 0 Å². The second-order valence-corrected chi connectivity index (χ2v) is 4.27. The van der Waals surface area contributed by atoms with Gasteiger partial charge in [0.25, 0.3) is 5.91 Å². The van der Waals surface area contributed by atoms with Gasteiger partial charge in [0.15, 0.2) is 0 Å². The Morgan fingerprint density at radius 3 is 2.74 bits per heavy atom. The molecule has 1 heterocycles. The Balaban J connectivity index is 2.09. The van der Waals surface area contributed by atoms with E-state index in [-0.39, 0.29) is 5.91 Å². The van der Waals surface area contributed by atoms with E-state index < -0.39 is 0 Å². The number of aromatic nitrogens is 1. The number of hydrogen-bond donors (Lipinski definition) is 2. The molecule has 4 nitrogen and oxygen atoms in total. The summed E-state index contributed by atoms with van der Waals surface area (Å²) >= 11 is 4.25. The second kappa shape index (κ2) is 6.24. The summed E-state index contributed by atoms with van der Waals surface area (Å²) in [5, 5.41) is 2.76. The molecule has 0 saturated heterocycles. The lowest BCUT2D eigenvalue weighted by Gasteiger charge is -2.07. The van der Waals surface area contributed by atoms with E-state index in [1.807, 2.05) is 13.0 Å². The summed E-state index contributed by atoms with van der Waals surface area (Å²) < 4.78 is 5.23. The average Bonchev–Trinajstić information content (AvgIpc) is 2.42. The lowest BCUT2D eigenvalue weighted by atomic mass is 10.2. The fourth-order valence-electron chi connectivity index (χ4n) is 1.55. The van der Waals surface area contributed by atoms with Crippen LogP contribution in [0.15, 0.2) is 47.5 Å². The van der Waals surface area contributed by atoms with E-state index in [0.29, 0.717) is 28.6 Å². The zero-order chi connectivity index (χ0) is 13.7. The van der Waals surface area contributed by atoms with Gasteiger partial charge in [-0.1, -0.05) is 12.1 Å². The van der Waals surface area contributed by atoms with Crippen molar-refractivity contribution in [2.75, 3.05) is 11.9 Å². The molecule has 19 heavy (non-hydrogen) atoms. The third kappa shape index (κ3) is 3.48. The van der Waals surface area contributed by atoms with Crippen LogP contribution < -0.4 is 10.1 Å². The number of carbonyl (C=O) groups excluding carboxylic acids is 1. The quantitative estimate of drug-likeness (QED) is 0.843. The summed E-state index contributed by atoms with van der Waals surface area (Å²) in [5.74, 6) is 0.326. The lowest BCUT2D eigenvalue weighted by molar-refractivity contribution is 0.102. The van der Waals surface area contributed by atoms with Crippen molar-refractivity contribution in [1.82, 2.24) is 4.98 Å². The van der Waals surface area contributed by atoms with Crippen molar-refractivity contribution in [1.29, 1.82) is 0 Å². The minimum atomic E-state index is -0.212. The van der Waals surface area contributed by atoms with E-state index in [1.165, 1.54) is 0 Å². The maximum Gasteiger partial charge on any atom is 0.256 e. The van der Waals surface area contributed by atoms with Crippen molar-refractivity contribution >= 4 is 24.2 Å². The Morgan fingerprint density at radius 2 is 2.11 bits per heavy atom. The topological polar surface area (TPSA) is 51.2 Å². The largest absolute Gasteiger partial charge is 0.478 e. The van der Waals surface area contributed by atoms with Crippen molar-refractivity contribution in [2.45, 2.75) is 11.8 Å². The standard InChI is InChI=1S/C14H14N2O2S/c1-2-18-13-8-7-10(9-15-13)16-14(17)11-5-3-4-6-12(11)19/h3-9,19H,2H2,1H3,(H,16,17). The fraction of sp³-hybridized carbons (Fsp3) is 0.143. The molecule has 1 aromatic carbocycles. The first-order valence-electron chi connectivity index (χ1n) is 5.89. The van der Waals surface area contributed by atoms with Crippen molar-refractivity contribution in [3.63, 3.8) is 0 Å². The van der Waals surface area contributed by atoms with Gasteiger partial charge in [-0.15, -0.1) is 12.6 Å². The summed E-state index contributed by atoms with van der Waals surface area (Å²) in [4.78, 5) is 16.7. The van der Waals surface area contributed by atoms with Gasteiger partial charge < -0.3 is 10.1 Å². The number of amides is 1. The summed E-state index contributed by atoms with van der Waals surface area (Å²) in [6.07, 6.45) is 1.56. The van der Waals surface area contributed by atoms with E-state index in [0.717, 1.165) is 0 Å². The normalized spacial score (nSPS) is 10.0. The van der Waals surface area contributed by atoms with Crippen LogP contribution in [0.4, 0.5) is 5.69 Å². The Labute approximate surface area is 117 Å². The molecule has 0 atom stereocenters. The third-order valence-electron chi connectivity index (χ3n) is 2.44. The van der Waals surface area contributed by atoms with Crippen LogP contribution in [-0.4, -0.2) is 17.5 Å². The molecule has 2 aromatic rings. The fourth-order valence-corrected chi connectivity index (χ4v) is 1.81. The molecular weight excluding hydrogens is 260 g/mol. The molecule has 0 aliphatic heterocycles. The highest BCUT2D eigenvalue weighted by Crippen LogP contribution is 2.16. The second-order valence-electron chi connectivity index (χ2n) is 3.79. The van der Waals surface area contributed by atoms with E-state index in [1.54, 1.807) is 36.5 Å². The first-order valence-corrected chi connectivity index (χ1v) is 6.33. The van der Waals surface area contributed by atoms with Gasteiger partial charge in [0, 0.05) is 11.0 Å². The summed E-state index contributed by atoms with van der Waals surface area (Å²) in [7, 11) is 0. The van der Waals surface area contributed by atoms with E-state index in [9.17, 15) is 4.79 Å². The monoisotopic (exact) mass is 274 g/mol. The Kier molecular flexibility index (Phi) is 4.41. The number of anilines is 1. The molecule has 1 N–H and O–H groups in total. The molecule has 5 heteroatoms. The molecule has 98 valence electrons. The van der Waals surface area contributed by atoms with Gasteiger partial charge in [0.2, 0.25) is 5.88 Å². The van der Waals surface area contributed by atoms with Gasteiger partial charge >= 0.3 is 0 Å². The Bertz CT molecular complexity index is 570. The number of ether oxygens (including phenoxy) is 1. The molecule has 0 fully saturated rings. The molecule has 0 aliphatic rings. The van der Waals surface area contributed by atoms with Crippen LogP contribution in [0.2, 0.25) is 0 Å². The van der Waals surface area contributed by atoms with E-state index >= 15 is 0 Å². The number of thiol groups is 1. The molecule has 1 amide bonds. The number of rotatable bonds is 4. The molecule has 0 bridgehead atoms. The van der Waals surface area contributed by atoms with E-state index in [2.05, 4.69) is 22.9 Å². The van der Waals surface area contributed by atoms with Crippen molar-refractivity contribution < 1.29 is 9.53 Å². The van der Waals surface area contributed by atoms with E-state index in [4.69, 9.17) is 4.74 Å². The number of hydrogen-bond acceptors (Lipinski definition) is 4. The van der Waals surface area contributed by atoms with Gasteiger partial charge in [0.1, 0.15) is 0 Å². The Hall–Kier alpha value is -2.01. The summed E-state index contributed by atoms with van der Waals surface area (Å²) in [5.41, 5.74) is 1.14. The lowest BCUT2D eigenvalue weighted by Crippen LogP contribution is -2.12. The van der Waals surface area contributed by atoms with Crippen LogP contribution in [0.5, 0.6) is 5.88 Å². The first-order chi connectivity index (χ1) is 9.20. The van der Waals surface area contributed by atoms with Gasteiger partial charge in [-0.2, -0.15) is 0 Å². The number of carbonyl (C=O) groups is 1. The number of nitrogens with one attached hydrogen (secondary N) is 1. The predicted octanol–water partition coefficient (Wildman–Crippen LogP) is 3.02. The van der Waals surface area contributed by atoms with Crippen molar-refractivity contribution in [3.8, 4) is 5.88 Å². The minimum absolute atomic E-state index is 0.212. The molecule has 1 aromatic heterocycles. The van der Waals surface area contributed by atoms with Crippen LogP contribution >= 0.6 is 12.6 Å². The van der Waals surface area contributed by atoms with Crippen LogP contribution in [0.3, 0.4) is 0 Å². The van der Waals surface area contributed by atoms with Crippen molar-refractivity contribution in [2.24, 2.45) is 0 Å². The number of benzene rings is 1. The highest BCUT2D eigenvalue weighted by Gasteiger charge is 2.09. The highest BCUT2D eigenvalue weighted by molar-refractivity contribution is 7.80. The molecule has 0 aliphatic carbocycles. The number of nitrogens with zero attached hydrogens (tertiary/aromatic N) is 1. The Morgan fingerprint density at radius 1 is 1.32 bits per heavy atom. The van der Waals surface area contributed by atoms with Crippen molar-refractivity contribution in [3.05, 3.63) is 48.2 Å². The maximum absolute atomic E-state index is 12.0. The zero-order valence-corrected chi connectivity index (χ0v) is 11.4. The maximum atomic E-state index is 12.0. The molecule has 2 rings (SSSR count). The van der Waals surface area contributed by atoms with Gasteiger partial charge in [-0.25, -0.2) is 4.98 Å². The van der Waals surface area contributed by atoms with Crippen LogP contribution in [0, 0.1) is 0 Å². The predicted molar refractivity (Wildman–Crippen MR) is 77.1 cm³/mol. The third-order valence-corrected chi connectivity index (χ3v) is 2.83. The van der Waals surface area contributed by atoms with Crippen LogP contribution in [0.25, 0.3) is 0 Å². The molecule has 0 radical (unpaired) electrons. The van der Waals surface area contributed by atoms with Gasteiger partial charge in [-0.3, -0.25) is 4.79 Å². The first kappa shape index (κ1) is 13.4. The minimum Gasteiger partial charge on any atom is -0.478 e. The molecule has 0 unspecified atom stereocenters. The van der Waals surface area contributed by atoms with Crippen LogP contribution in [0.1, 0.15) is 17.3 Å². The highest BCUT2D eigenvalue weighted by atomic mass is 32.1. The summed E-state index contributed by atoms with van der Waals surface area (Å²) in [6.45, 7) is 2.45. The molecule has 0 spiro atoms. The summed E-state index contributed by atoms with van der Waals surface area (Å²) in [6, 6.07) is 10.6.